The monoisotopic (exact) mass is 362 g/mol. The van der Waals surface area contributed by atoms with Crippen LogP contribution in [0.25, 0.3) is 0 Å². The number of carbonyl (C=O) groups excluding carboxylic acids is 2. The van der Waals surface area contributed by atoms with Crippen LogP contribution in [0.1, 0.15) is 30.4 Å². The van der Waals surface area contributed by atoms with E-state index >= 15 is 0 Å². The third-order valence-electron chi connectivity index (χ3n) is 6.15. The van der Waals surface area contributed by atoms with E-state index in [-0.39, 0.29) is 23.1 Å². The van der Waals surface area contributed by atoms with Gasteiger partial charge in [0.2, 0.25) is 11.8 Å². The Kier molecular flexibility index (Phi) is 4.73. The summed E-state index contributed by atoms with van der Waals surface area (Å²) in [6.45, 7) is 1.99. The Morgan fingerprint density at radius 3 is 2.11 bits per heavy atom. The molecule has 0 aromatic heterocycles. The smallest absolute Gasteiger partial charge is 0.228 e. The maximum Gasteiger partial charge on any atom is 0.228 e. The number of rotatable bonds is 3. The molecule has 0 unspecified atom stereocenters. The first-order chi connectivity index (χ1) is 13.1. The summed E-state index contributed by atoms with van der Waals surface area (Å²) in [5, 5.41) is 0. The zero-order valence-corrected chi connectivity index (χ0v) is 15.8. The fraction of sp³-hybridized carbons (Fsp3) is 0.391. The molecule has 2 aromatic carbocycles. The number of carbonyl (C=O) groups is 2. The molecule has 140 valence electrons. The highest BCUT2D eigenvalue weighted by Crippen LogP contribution is 2.40. The molecule has 2 fully saturated rings. The normalized spacial score (nSPS) is 22.1. The lowest BCUT2D eigenvalue weighted by Gasteiger charge is -2.44. The van der Waals surface area contributed by atoms with E-state index in [9.17, 15) is 9.59 Å². The zero-order valence-electron chi connectivity index (χ0n) is 15.8. The van der Waals surface area contributed by atoms with Crippen molar-refractivity contribution in [2.24, 2.45) is 5.92 Å². The van der Waals surface area contributed by atoms with Crippen molar-refractivity contribution in [3.05, 3.63) is 71.8 Å². The third kappa shape index (κ3) is 3.25. The lowest BCUT2D eigenvalue weighted by molar-refractivity contribution is -0.137. The van der Waals surface area contributed by atoms with Gasteiger partial charge in [0.15, 0.2) is 0 Å². The Labute approximate surface area is 160 Å². The van der Waals surface area contributed by atoms with Gasteiger partial charge in [-0.25, -0.2) is 0 Å². The van der Waals surface area contributed by atoms with Crippen LogP contribution in [0.5, 0.6) is 0 Å². The molecule has 1 atom stereocenters. The van der Waals surface area contributed by atoms with Crippen molar-refractivity contribution >= 4 is 11.8 Å². The minimum absolute atomic E-state index is 0.0720. The first-order valence-corrected chi connectivity index (χ1v) is 9.74. The number of hydrogen-bond donors (Lipinski definition) is 0. The first-order valence-electron chi connectivity index (χ1n) is 9.74. The van der Waals surface area contributed by atoms with Crippen molar-refractivity contribution in [3.63, 3.8) is 0 Å². The highest BCUT2D eigenvalue weighted by molar-refractivity contribution is 5.89. The molecule has 2 aliphatic heterocycles. The van der Waals surface area contributed by atoms with Gasteiger partial charge in [0.1, 0.15) is 0 Å². The van der Waals surface area contributed by atoms with E-state index in [1.165, 1.54) is 11.1 Å². The maximum absolute atomic E-state index is 13.2. The van der Waals surface area contributed by atoms with Crippen LogP contribution in [-0.2, 0) is 15.0 Å². The summed E-state index contributed by atoms with van der Waals surface area (Å²) in [5.74, 6) is -0.00349. The van der Waals surface area contributed by atoms with Crippen LogP contribution in [0.4, 0.5) is 0 Å². The van der Waals surface area contributed by atoms with Gasteiger partial charge in [0, 0.05) is 38.5 Å². The van der Waals surface area contributed by atoms with E-state index in [4.69, 9.17) is 0 Å². The van der Waals surface area contributed by atoms with Crippen LogP contribution in [0.3, 0.4) is 0 Å². The van der Waals surface area contributed by atoms with Gasteiger partial charge in [0.25, 0.3) is 0 Å². The SMILES string of the molecule is CN1C[C@@H](C(=O)N2CCCC(c3ccccc3)(c3ccccc3)C2)CC1=O. The molecule has 4 nitrogen and oxygen atoms in total. The summed E-state index contributed by atoms with van der Waals surface area (Å²) >= 11 is 0. The third-order valence-corrected chi connectivity index (χ3v) is 6.15. The van der Waals surface area contributed by atoms with Gasteiger partial charge in [0.05, 0.1) is 5.92 Å². The van der Waals surface area contributed by atoms with Crippen LogP contribution in [0.15, 0.2) is 60.7 Å². The summed E-state index contributed by atoms with van der Waals surface area (Å²) in [7, 11) is 1.78. The molecule has 2 heterocycles. The quantitative estimate of drug-likeness (QED) is 0.842. The molecular formula is C23H26N2O2. The van der Waals surface area contributed by atoms with Crippen molar-refractivity contribution in [2.75, 3.05) is 26.7 Å². The van der Waals surface area contributed by atoms with Crippen molar-refractivity contribution in [2.45, 2.75) is 24.7 Å². The fourth-order valence-corrected chi connectivity index (χ4v) is 4.68. The maximum atomic E-state index is 13.2. The summed E-state index contributed by atoms with van der Waals surface area (Å²) in [6.07, 6.45) is 2.33. The molecular weight excluding hydrogens is 336 g/mol. The van der Waals surface area contributed by atoms with Gasteiger partial charge in [-0.1, -0.05) is 60.7 Å². The second-order valence-corrected chi connectivity index (χ2v) is 7.85. The van der Waals surface area contributed by atoms with Crippen LogP contribution in [-0.4, -0.2) is 48.3 Å². The van der Waals surface area contributed by atoms with Crippen LogP contribution in [0.2, 0.25) is 0 Å². The lowest BCUT2D eigenvalue weighted by Crippen LogP contribution is -2.51. The number of hydrogen-bond acceptors (Lipinski definition) is 2. The number of amides is 2. The molecule has 2 amide bonds. The van der Waals surface area contributed by atoms with Gasteiger partial charge < -0.3 is 9.80 Å². The number of benzene rings is 2. The molecule has 4 rings (SSSR count). The highest BCUT2D eigenvalue weighted by Gasteiger charge is 2.42. The van der Waals surface area contributed by atoms with E-state index in [0.717, 1.165) is 19.4 Å². The standard InChI is InChI=1S/C23H26N2O2/c1-24-16-18(15-21(24)26)22(27)25-14-8-13-23(17-25,19-9-4-2-5-10-19)20-11-6-3-7-12-20/h2-7,9-12,18H,8,13-17H2,1H3/t18-/m0/s1. The van der Waals surface area contributed by atoms with Crippen LogP contribution >= 0.6 is 0 Å². The molecule has 0 N–H and O–H groups in total. The van der Waals surface area contributed by atoms with E-state index in [1.807, 2.05) is 17.0 Å². The van der Waals surface area contributed by atoms with Gasteiger partial charge >= 0.3 is 0 Å². The zero-order chi connectivity index (χ0) is 18.9. The minimum atomic E-state index is -0.204. The number of nitrogens with zero attached hydrogens (tertiary/aromatic N) is 2. The van der Waals surface area contributed by atoms with Gasteiger partial charge in [-0.05, 0) is 24.0 Å². The predicted molar refractivity (Wildman–Crippen MR) is 105 cm³/mol. The average molecular weight is 362 g/mol. The number of likely N-dealkylation sites (tertiary alicyclic amines) is 2. The molecule has 0 saturated carbocycles. The second kappa shape index (κ2) is 7.18. The fourth-order valence-electron chi connectivity index (χ4n) is 4.68. The molecule has 0 radical (unpaired) electrons. The minimum Gasteiger partial charge on any atom is -0.345 e. The van der Waals surface area contributed by atoms with Crippen LogP contribution < -0.4 is 0 Å². The van der Waals surface area contributed by atoms with E-state index in [2.05, 4.69) is 48.5 Å². The van der Waals surface area contributed by atoms with Crippen molar-refractivity contribution < 1.29 is 9.59 Å². The molecule has 0 bridgehead atoms. The predicted octanol–water partition coefficient (Wildman–Crippen LogP) is 3.07. The van der Waals surface area contributed by atoms with E-state index < -0.39 is 0 Å². The van der Waals surface area contributed by atoms with Crippen molar-refractivity contribution in [1.82, 2.24) is 9.80 Å². The topological polar surface area (TPSA) is 40.6 Å². The van der Waals surface area contributed by atoms with E-state index in [0.29, 0.717) is 19.5 Å². The highest BCUT2D eigenvalue weighted by atomic mass is 16.2. The van der Waals surface area contributed by atoms with Crippen molar-refractivity contribution in [3.8, 4) is 0 Å². The molecule has 0 spiro atoms. The summed E-state index contributed by atoms with van der Waals surface area (Å²) in [4.78, 5) is 28.8. The largest absolute Gasteiger partial charge is 0.345 e. The Hall–Kier alpha value is -2.62. The van der Waals surface area contributed by atoms with E-state index in [1.54, 1.807) is 11.9 Å². The average Bonchev–Trinajstić information content (AvgIpc) is 3.07. The van der Waals surface area contributed by atoms with Crippen molar-refractivity contribution in [1.29, 1.82) is 0 Å². The first kappa shape index (κ1) is 17.8. The Morgan fingerprint density at radius 2 is 1.59 bits per heavy atom. The number of piperidine rings is 1. The molecule has 2 saturated heterocycles. The Balaban J connectivity index is 1.67. The van der Waals surface area contributed by atoms with Crippen LogP contribution in [0, 0.1) is 5.92 Å². The summed E-state index contributed by atoms with van der Waals surface area (Å²) < 4.78 is 0. The van der Waals surface area contributed by atoms with Gasteiger partial charge in [-0.15, -0.1) is 0 Å². The lowest BCUT2D eigenvalue weighted by atomic mass is 9.69. The molecule has 2 aliphatic rings. The molecule has 27 heavy (non-hydrogen) atoms. The van der Waals surface area contributed by atoms with Gasteiger partial charge in [-0.3, -0.25) is 9.59 Å². The van der Waals surface area contributed by atoms with Gasteiger partial charge in [-0.2, -0.15) is 0 Å². The summed E-state index contributed by atoms with van der Waals surface area (Å²) in [6, 6.07) is 21.1. The second-order valence-electron chi connectivity index (χ2n) is 7.85. The Morgan fingerprint density at radius 1 is 1.00 bits per heavy atom. The Bertz CT molecular complexity index is 779. The molecule has 2 aromatic rings. The molecule has 4 heteroatoms. The summed E-state index contributed by atoms with van der Waals surface area (Å²) in [5.41, 5.74) is 2.33. The molecule has 0 aliphatic carbocycles.